The van der Waals surface area contributed by atoms with Crippen molar-refractivity contribution in [2.24, 2.45) is 0 Å². The molecular weight excluding hydrogens is 246 g/mol. The fourth-order valence-electron chi connectivity index (χ4n) is 1.96. The van der Waals surface area contributed by atoms with Gasteiger partial charge in [0.1, 0.15) is 0 Å². The summed E-state index contributed by atoms with van der Waals surface area (Å²) in [5.41, 5.74) is 2.71. The Morgan fingerprint density at radius 3 is 2.33 bits per heavy atom. The number of benzene rings is 1. The highest BCUT2D eigenvalue weighted by molar-refractivity contribution is 6.20. The zero-order valence-electron chi connectivity index (χ0n) is 11.8. The molecule has 1 aromatic carbocycles. The first-order chi connectivity index (χ1) is 8.52. The Kier molecular flexibility index (Phi) is 6.69. The number of hydrogen-bond donors (Lipinski definition) is 0. The average molecular weight is 270 g/mol. The van der Waals surface area contributed by atoms with Crippen LogP contribution in [0.1, 0.15) is 30.9 Å². The third kappa shape index (κ3) is 5.38. The smallest absolute Gasteiger partial charge is 0.0696 e. The van der Waals surface area contributed by atoms with E-state index >= 15 is 0 Å². The Balaban J connectivity index is 2.46. The third-order valence-electron chi connectivity index (χ3n) is 2.96. The van der Waals surface area contributed by atoms with Gasteiger partial charge in [-0.2, -0.15) is 0 Å². The average Bonchev–Trinajstić information content (AvgIpc) is 2.29. The summed E-state index contributed by atoms with van der Waals surface area (Å²) in [4.78, 5) is 2.22. The predicted molar refractivity (Wildman–Crippen MR) is 78.4 cm³/mol. The largest absolute Gasteiger partial charge is 0.383 e. The van der Waals surface area contributed by atoms with E-state index in [1.165, 1.54) is 11.1 Å². The number of methoxy groups -OCH3 is 1. The number of hydrogen-bond acceptors (Lipinski definition) is 2. The molecule has 0 fully saturated rings. The first-order valence-corrected chi connectivity index (χ1v) is 6.87. The molecule has 0 N–H and O–H groups in total. The summed E-state index contributed by atoms with van der Waals surface area (Å²) in [5, 5.41) is 0.0509. The van der Waals surface area contributed by atoms with E-state index in [2.05, 4.69) is 50.1 Å². The van der Waals surface area contributed by atoms with Crippen molar-refractivity contribution in [3.05, 3.63) is 35.4 Å². The van der Waals surface area contributed by atoms with Crippen LogP contribution in [0, 0.1) is 0 Å². The van der Waals surface area contributed by atoms with Crippen LogP contribution in [0.15, 0.2) is 24.3 Å². The van der Waals surface area contributed by atoms with Crippen LogP contribution >= 0.6 is 11.6 Å². The van der Waals surface area contributed by atoms with E-state index in [1.807, 2.05) is 0 Å². The summed E-state index contributed by atoms with van der Waals surface area (Å²) in [7, 11) is 3.77. The van der Waals surface area contributed by atoms with E-state index in [4.69, 9.17) is 16.3 Å². The molecule has 0 bridgehead atoms. The minimum atomic E-state index is 0.0509. The van der Waals surface area contributed by atoms with E-state index in [1.54, 1.807) is 7.11 Å². The van der Waals surface area contributed by atoms with Crippen LogP contribution in [0.4, 0.5) is 0 Å². The van der Waals surface area contributed by atoms with Crippen molar-refractivity contribution in [2.45, 2.75) is 31.7 Å². The van der Waals surface area contributed by atoms with E-state index in [0.29, 0.717) is 12.5 Å². The number of halogens is 1. The molecule has 0 aromatic heterocycles. The second-order valence-electron chi connectivity index (χ2n) is 5.15. The Morgan fingerprint density at radius 1 is 1.22 bits per heavy atom. The molecule has 18 heavy (non-hydrogen) atoms. The van der Waals surface area contributed by atoms with Crippen LogP contribution in [0.5, 0.6) is 0 Å². The molecule has 0 heterocycles. The van der Waals surface area contributed by atoms with Gasteiger partial charge in [0.15, 0.2) is 0 Å². The first kappa shape index (κ1) is 15.5. The van der Waals surface area contributed by atoms with Gasteiger partial charge in [-0.25, -0.2) is 0 Å². The second kappa shape index (κ2) is 7.78. The van der Waals surface area contributed by atoms with Crippen molar-refractivity contribution < 1.29 is 4.74 Å². The SMILES string of the molecule is COCC(Cl)CN(C)Cc1ccc(C(C)C)cc1. The summed E-state index contributed by atoms with van der Waals surface area (Å²) in [6.45, 7) is 6.78. The number of alkyl halides is 1. The van der Waals surface area contributed by atoms with E-state index < -0.39 is 0 Å². The lowest BCUT2D eigenvalue weighted by Crippen LogP contribution is -2.28. The lowest BCUT2D eigenvalue weighted by atomic mass is 10.0. The molecule has 0 amide bonds. The van der Waals surface area contributed by atoms with Gasteiger partial charge in [-0.3, -0.25) is 0 Å². The van der Waals surface area contributed by atoms with E-state index in [0.717, 1.165) is 13.1 Å². The van der Waals surface area contributed by atoms with Crippen molar-refractivity contribution in [3.8, 4) is 0 Å². The van der Waals surface area contributed by atoms with Gasteiger partial charge in [-0.15, -0.1) is 11.6 Å². The predicted octanol–water partition coefficient (Wildman–Crippen LogP) is 3.50. The molecule has 102 valence electrons. The third-order valence-corrected chi connectivity index (χ3v) is 3.22. The van der Waals surface area contributed by atoms with Crippen molar-refractivity contribution >= 4 is 11.6 Å². The summed E-state index contributed by atoms with van der Waals surface area (Å²) < 4.78 is 5.04. The van der Waals surface area contributed by atoms with Gasteiger partial charge in [0.25, 0.3) is 0 Å². The molecular formula is C15H24ClNO. The molecule has 1 aromatic rings. The van der Waals surface area contributed by atoms with Crippen molar-refractivity contribution in [2.75, 3.05) is 27.3 Å². The number of rotatable bonds is 7. The maximum Gasteiger partial charge on any atom is 0.0696 e. The summed E-state index contributed by atoms with van der Waals surface area (Å²) in [6, 6.07) is 8.82. The maximum atomic E-state index is 6.14. The summed E-state index contributed by atoms with van der Waals surface area (Å²) in [5.74, 6) is 0.589. The highest BCUT2D eigenvalue weighted by Crippen LogP contribution is 2.15. The summed E-state index contributed by atoms with van der Waals surface area (Å²) >= 11 is 6.14. The molecule has 0 spiro atoms. The van der Waals surface area contributed by atoms with Crippen LogP contribution in [0.2, 0.25) is 0 Å². The lowest BCUT2D eigenvalue weighted by molar-refractivity contribution is 0.181. The monoisotopic (exact) mass is 269 g/mol. The van der Waals surface area contributed by atoms with Crippen molar-refractivity contribution in [3.63, 3.8) is 0 Å². The van der Waals surface area contributed by atoms with Gasteiger partial charge in [0.2, 0.25) is 0 Å². The van der Waals surface area contributed by atoms with Crippen LogP contribution in [-0.4, -0.2) is 37.6 Å². The van der Waals surface area contributed by atoms with Gasteiger partial charge in [-0.05, 0) is 24.1 Å². The van der Waals surface area contributed by atoms with Crippen LogP contribution in [-0.2, 0) is 11.3 Å². The summed E-state index contributed by atoms with van der Waals surface area (Å²) in [6.07, 6.45) is 0. The van der Waals surface area contributed by atoms with Crippen molar-refractivity contribution in [1.29, 1.82) is 0 Å². The standard InChI is InChI=1S/C15H24ClNO/c1-12(2)14-7-5-13(6-8-14)9-17(3)10-15(16)11-18-4/h5-8,12,15H,9-11H2,1-4H3. The maximum absolute atomic E-state index is 6.14. The Bertz CT molecular complexity index is 337. The highest BCUT2D eigenvalue weighted by atomic mass is 35.5. The zero-order valence-corrected chi connectivity index (χ0v) is 12.6. The normalized spacial score (nSPS) is 13.3. The molecule has 0 aliphatic rings. The van der Waals surface area contributed by atoms with Crippen LogP contribution in [0.25, 0.3) is 0 Å². The lowest BCUT2D eigenvalue weighted by Gasteiger charge is -2.20. The molecule has 1 unspecified atom stereocenters. The second-order valence-corrected chi connectivity index (χ2v) is 5.76. The molecule has 2 nitrogen and oxygen atoms in total. The molecule has 0 radical (unpaired) electrons. The Morgan fingerprint density at radius 2 is 1.83 bits per heavy atom. The van der Waals surface area contributed by atoms with Crippen LogP contribution < -0.4 is 0 Å². The van der Waals surface area contributed by atoms with E-state index in [-0.39, 0.29) is 5.38 Å². The first-order valence-electron chi connectivity index (χ1n) is 6.43. The van der Waals surface area contributed by atoms with Gasteiger partial charge >= 0.3 is 0 Å². The highest BCUT2D eigenvalue weighted by Gasteiger charge is 2.08. The van der Waals surface area contributed by atoms with E-state index in [9.17, 15) is 0 Å². The Labute approximate surface area is 116 Å². The number of nitrogens with zero attached hydrogens (tertiary/aromatic N) is 1. The fraction of sp³-hybridized carbons (Fsp3) is 0.600. The van der Waals surface area contributed by atoms with Gasteiger partial charge in [0.05, 0.1) is 12.0 Å². The van der Waals surface area contributed by atoms with Gasteiger partial charge in [-0.1, -0.05) is 38.1 Å². The minimum Gasteiger partial charge on any atom is -0.383 e. The molecule has 0 aliphatic heterocycles. The van der Waals surface area contributed by atoms with Gasteiger partial charge < -0.3 is 9.64 Å². The minimum absolute atomic E-state index is 0.0509. The number of ether oxygens (including phenoxy) is 1. The molecule has 1 atom stereocenters. The van der Waals surface area contributed by atoms with Gasteiger partial charge in [0, 0.05) is 20.2 Å². The van der Waals surface area contributed by atoms with Crippen molar-refractivity contribution in [1.82, 2.24) is 4.90 Å². The topological polar surface area (TPSA) is 12.5 Å². The molecule has 3 heteroatoms. The fourth-order valence-corrected chi connectivity index (χ4v) is 2.32. The zero-order chi connectivity index (χ0) is 13.5. The molecule has 0 saturated carbocycles. The Hall–Kier alpha value is -0.570. The molecule has 1 rings (SSSR count). The quantitative estimate of drug-likeness (QED) is 0.703. The van der Waals surface area contributed by atoms with Crippen LogP contribution in [0.3, 0.4) is 0 Å². The molecule has 0 aliphatic carbocycles. The molecule has 0 saturated heterocycles.